The second-order valence-corrected chi connectivity index (χ2v) is 8.33. The van der Waals surface area contributed by atoms with Crippen LogP contribution in [0.4, 0.5) is 0 Å². The van der Waals surface area contributed by atoms with Gasteiger partial charge in [-0.2, -0.15) is 0 Å². The summed E-state index contributed by atoms with van der Waals surface area (Å²) in [4.78, 5) is 33.3. The molecule has 1 atom stereocenters. The lowest BCUT2D eigenvalue weighted by Crippen LogP contribution is -3.06. The van der Waals surface area contributed by atoms with Crippen LogP contribution in [0, 0.1) is 20.8 Å². The number of likely N-dealkylation sites (N-methyl/N-ethyl adjacent to an activating group) is 1. The number of hydrogen-bond acceptors (Lipinski definition) is 5. The Bertz CT molecular complexity index is 1220. The van der Waals surface area contributed by atoms with E-state index in [0.717, 1.165) is 10.5 Å². The van der Waals surface area contributed by atoms with Crippen molar-refractivity contribution in [3.05, 3.63) is 64.5 Å². The fourth-order valence-electron chi connectivity index (χ4n) is 4.08. The molecular formula is C23H27N4O4+. The number of aliphatic hydroxyl groups is 1. The lowest BCUT2D eigenvalue weighted by atomic mass is 10.0. The first-order valence-electron chi connectivity index (χ1n) is 10.3. The van der Waals surface area contributed by atoms with E-state index in [4.69, 9.17) is 4.42 Å². The van der Waals surface area contributed by atoms with Gasteiger partial charge in [-0.3, -0.25) is 14.0 Å². The molecule has 0 aliphatic carbocycles. The van der Waals surface area contributed by atoms with Crippen molar-refractivity contribution in [2.45, 2.75) is 26.8 Å². The van der Waals surface area contributed by atoms with E-state index in [9.17, 15) is 14.7 Å². The molecule has 8 heteroatoms. The first-order valence-corrected chi connectivity index (χ1v) is 10.3. The van der Waals surface area contributed by atoms with Gasteiger partial charge in [0.05, 0.1) is 38.5 Å². The molecule has 1 fully saturated rings. The molecule has 0 bridgehead atoms. The standard InChI is InChI=1S/C23H26N4O4/c1-13-7-6-10-26-18(15(3)24-22(13)26)20(28)17-19(16-9-8-14(2)31-16)27(12-11-25(4)5)23(30)21(17)29/h6-10,19,28H,11-12H2,1-5H3/p+1/t19-/m1/s1. The second-order valence-electron chi connectivity index (χ2n) is 8.33. The van der Waals surface area contributed by atoms with Crippen LogP contribution >= 0.6 is 0 Å². The fraction of sp³-hybridized carbons (Fsp3) is 0.348. The number of rotatable bonds is 5. The molecular weight excluding hydrogens is 396 g/mol. The van der Waals surface area contributed by atoms with Gasteiger partial charge in [0.15, 0.2) is 5.76 Å². The quantitative estimate of drug-likeness (QED) is 0.368. The summed E-state index contributed by atoms with van der Waals surface area (Å²) < 4.78 is 7.57. The Kier molecular flexibility index (Phi) is 5.18. The van der Waals surface area contributed by atoms with Crippen LogP contribution in [0.1, 0.15) is 34.5 Å². The summed E-state index contributed by atoms with van der Waals surface area (Å²) in [6.07, 6.45) is 1.79. The number of nitrogens with one attached hydrogen (secondary N) is 1. The average molecular weight is 423 g/mol. The molecule has 3 aromatic rings. The van der Waals surface area contributed by atoms with Crippen molar-refractivity contribution in [3.8, 4) is 0 Å². The number of likely N-dealkylation sites (tertiary alicyclic amines) is 1. The predicted octanol–water partition coefficient (Wildman–Crippen LogP) is 1.42. The van der Waals surface area contributed by atoms with Gasteiger partial charge in [0.25, 0.3) is 11.7 Å². The highest BCUT2D eigenvalue weighted by atomic mass is 16.3. The van der Waals surface area contributed by atoms with Gasteiger partial charge in [-0.1, -0.05) is 6.07 Å². The Labute approximate surface area is 180 Å². The van der Waals surface area contributed by atoms with E-state index < -0.39 is 17.7 Å². The van der Waals surface area contributed by atoms with Gasteiger partial charge in [-0.15, -0.1) is 0 Å². The van der Waals surface area contributed by atoms with Crippen molar-refractivity contribution >= 4 is 23.1 Å². The summed E-state index contributed by atoms with van der Waals surface area (Å²) in [5.41, 5.74) is 2.64. The van der Waals surface area contributed by atoms with E-state index in [0.29, 0.717) is 41.6 Å². The SMILES string of the molecule is Cc1ccc([C@@H]2C(=C(O)c3c(C)nc4c(C)cccn34)C(=O)C(=O)N2CC[NH+](C)C)o1. The van der Waals surface area contributed by atoms with Crippen LogP contribution in [-0.2, 0) is 9.59 Å². The molecule has 4 heterocycles. The maximum Gasteiger partial charge on any atom is 0.295 e. The number of fused-ring (bicyclic) bond motifs is 1. The lowest BCUT2D eigenvalue weighted by molar-refractivity contribution is -0.857. The summed E-state index contributed by atoms with van der Waals surface area (Å²) in [5.74, 6) is -0.473. The van der Waals surface area contributed by atoms with Gasteiger partial charge < -0.3 is 19.3 Å². The molecule has 0 unspecified atom stereocenters. The average Bonchev–Trinajstić information content (AvgIpc) is 3.35. The number of aliphatic hydroxyl groups excluding tert-OH is 1. The number of carbonyl (C=O) groups excluding carboxylic acids is 2. The zero-order valence-electron chi connectivity index (χ0n) is 18.4. The molecule has 162 valence electrons. The lowest BCUT2D eigenvalue weighted by Gasteiger charge is -2.23. The molecule has 0 saturated carbocycles. The predicted molar refractivity (Wildman–Crippen MR) is 115 cm³/mol. The molecule has 1 amide bonds. The van der Waals surface area contributed by atoms with Crippen molar-refractivity contribution < 1.29 is 24.0 Å². The van der Waals surface area contributed by atoms with E-state index in [-0.39, 0.29) is 11.3 Å². The van der Waals surface area contributed by atoms with Crippen molar-refractivity contribution in [1.82, 2.24) is 14.3 Å². The van der Waals surface area contributed by atoms with Crippen molar-refractivity contribution in [3.63, 3.8) is 0 Å². The third kappa shape index (κ3) is 3.42. The minimum atomic E-state index is -0.789. The number of aryl methyl sites for hydroxylation is 3. The Morgan fingerprint density at radius 3 is 2.58 bits per heavy atom. The maximum atomic E-state index is 13.1. The summed E-state index contributed by atoms with van der Waals surface area (Å²) in [5, 5.41) is 11.4. The van der Waals surface area contributed by atoms with Crippen LogP contribution in [0.5, 0.6) is 0 Å². The molecule has 1 aliphatic heterocycles. The number of quaternary nitrogens is 1. The number of amides is 1. The monoisotopic (exact) mass is 423 g/mol. The van der Waals surface area contributed by atoms with E-state index >= 15 is 0 Å². The third-order valence-corrected chi connectivity index (χ3v) is 5.67. The van der Waals surface area contributed by atoms with Gasteiger partial charge in [0.1, 0.15) is 28.9 Å². The zero-order chi connectivity index (χ0) is 22.4. The summed E-state index contributed by atoms with van der Waals surface area (Å²) >= 11 is 0. The fourth-order valence-corrected chi connectivity index (χ4v) is 4.08. The molecule has 31 heavy (non-hydrogen) atoms. The van der Waals surface area contributed by atoms with Crippen LogP contribution < -0.4 is 4.90 Å². The van der Waals surface area contributed by atoms with Crippen LogP contribution in [0.2, 0.25) is 0 Å². The summed E-state index contributed by atoms with van der Waals surface area (Å²) in [6.45, 7) is 6.52. The van der Waals surface area contributed by atoms with E-state index in [1.54, 1.807) is 36.6 Å². The van der Waals surface area contributed by atoms with E-state index in [1.807, 2.05) is 33.2 Å². The molecule has 8 nitrogen and oxygen atoms in total. The third-order valence-electron chi connectivity index (χ3n) is 5.67. The summed E-state index contributed by atoms with van der Waals surface area (Å²) in [7, 11) is 3.96. The Hall–Kier alpha value is -3.39. The molecule has 0 spiro atoms. The number of pyridine rings is 1. The number of hydrogen-bond donors (Lipinski definition) is 2. The molecule has 0 radical (unpaired) electrons. The van der Waals surface area contributed by atoms with Gasteiger partial charge in [-0.25, -0.2) is 4.98 Å². The minimum Gasteiger partial charge on any atom is -0.505 e. The van der Waals surface area contributed by atoms with Gasteiger partial charge >= 0.3 is 0 Å². The number of aromatic nitrogens is 2. The van der Waals surface area contributed by atoms with Crippen molar-refractivity contribution in [1.29, 1.82) is 0 Å². The van der Waals surface area contributed by atoms with Crippen molar-refractivity contribution in [2.75, 3.05) is 27.2 Å². The highest BCUT2D eigenvalue weighted by molar-refractivity contribution is 6.46. The molecule has 1 aliphatic rings. The highest BCUT2D eigenvalue weighted by Crippen LogP contribution is 2.40. The van der Waals surface area contributed by atoms with Crippen LogP contribution in [-0.4, -0.2) is 58.3 Å². The zero-order valence-corrected chi connectivity index (χ0v) is 18.4. The molecule has 0 aromatic carbocycles. The van der Waals surface area contributed by atoms with Gasteiger partial charge in [-0.05, 0) is 44.5 Å². The molecule has 1 saturated heterocycles. The van der Waals surface area contributed by atoms with Crippen molar-refractivity contribution in [2.24, 2.45) is 0 Å². The first kappa shape index (κ1) is 20.9. The second kappa shape index (κ2) is 7.70. The van der Waals surface area contributed by atoms with E-state index in [1.165, 1.54) is 4.90 Å². The largest absolute Gasteiger partial charge is 0.505 e. The van der Waals surface area contributed by atoms with Crippen LogP contribution in [0.3, 0.4) is 0 Å². The Morgan fingerprint density at radius 2 is 1.94 bits per heavy atom. The Balaban J connectivity index is 1.93. The minimum absolute atomic E-state index is 0.0273. The van der Waals surface area contributed by atoms with Crippen LogP contribution in [0.15, 0.2) is 40.5 Å². The number of imidazole rings is 1. The summed E-state index contributed by atoms with van der Waals surface area (Å²) in [6, 6.07) is 6.53. The van der Waals surface area contributed by atoms with E-state index in [2.05, 4.69) is 4.98 Å². The number of Topliss-reactive ketones (excluding diaryl/α,β-unsaturated/α-hetero) is 1. The molecule has 4 rings (SSSR count). The van der Waals surface area contributed by atoms with Gasteiger partial charge in [0.2, 0.25) is 0 Å². The smallest absolute Gasteiger partial charge is 0.295 e. The Morgan fingerprint density at radius 1 is 1.19 bits per heavy atom. The maximum absolute atomic E-state index is 13.1. The topological polar surface area (TPSA) is 92.5 Å². The van der Waals surface area contributed by atoms with Crippen LogP contribution in [0.25, 0.3) is 11.4 Å². The number of furan rings is 1. The first-order chi connectivity index (χ1) is 14.7. The van der Waals surface area contributed by atoms with Gasteiger partial charge in [0, 0.05) is 6.20 Å². The molecule has 2 N–H and O–H groups in total. The number of nitrogens with zero attached hydrogens (tertiary/aromatic N) is 3. The normalized spacial score (nSPS) is 18.6. The highest BCUT2D eigenvalue weighted by Gasteiger charge is 2.48. The molecule has 3 aromatic heterocycles. The number of ketones is 1. The number of carbonyl (C=O) groups is 2.